The van der Waals surface area contributed by atoms with E-state index in [1.54, 1.807) is 66.0 Å². The monoisotopic (exact) mass is 374 g/mol. The smallest absolute Gasteiger partial charge is 0.129 e. The minimum atomic E-state index is 0.322. The third kappa shape index (κ3) is 8.98. The molecular formula is C20H22O3S2. The largest absolute Gasteiger partial charge is 0.508 e. The maximum absolute atomic E-state index is 9.09. The zero-order valence-corrected chi connectivity index (χ0v) is 15.8. The molecule has 0 aliphatic rings. The Balaban J connectivity index is 0.000000189. The van der Waals surface area contributed by atoms with E-state index in [4.69, 9.17) is 15.3 Å². The first-order valence-electron chi connectivity index (χ1n) is 7.45. The summed E-state index contributed by atoms with van der Waals surface area (Å²) in [4.78, 5) is 2.10. The van der Waals surface area contributed by atoms with Gasteiger partial charge in [0.2, 0.25) is 0 Å². The molecule has 3 aromatic rings. The molecule has 0 aliphatic heterocycles. The van der Waals surface area contributed by atoms with E-state index in [9.17, 15) is 0 Å². The van der Waals surface area contributed by atoms with Crippen molar-refractivity contribution in [3.05, 3.63) is 78.9 Å². The van der Waals surface area contributed by atoms with Gasteiger partial charge in [-0.05, 0) is 61.0 Å². The molecule has 3 N–H and O–H groups in total. The number of hydrogen-bond donors (Lipinski definition) is 3. The highest BCUT2D eigenvalue weighted by Crippen LogP contribution is 2.24. The van der Waals surface area contributed by atoms with Crippen molar-refractivity contribution in [2.45, 2.75) is 9.79 Å². The second kappa shape index (κ2) is 12.2. The van der Waals surface area contributed by atoms with Crippen LogP contribution in [-0.2, 0) is 0 Å². The highest BCUT2D eigenvalue weighted by Gasteiger charge is 1.93. The van der Waals surface area contributed by atoms with Gasteiger partial charge < -0.3 is 15.3 Å². The van der Waals surface area contributed by atoms with Gasteiger partial charge in [-0.25, -0.2) is 0 Å². The van der Waals surface area contributed by atoms with E-state index >= 15 is 0 Å². The van der Waals surface area contributed by atoms with Crippen molar-refractivity contribution in [2.24, 2.45) is 0 Å². The Labute approximate surface area is 157 Å². The number of thioether (sulfide) groups is 2. The molecular weight excluding hydrogens is 352 g/mol. The van der Waals surface area contributed by atoms with E-state index < -0.39 is 0 Å². The third-order valence-corrected chi connectivity index (χ3v) is 4.44. The lowest BCUT2D eigenvalue weighted by Gasteiger charge is -1.96. The van der Waals surface area contributed by atoms with Crippen LogP contribution in [0, 0.1) is 0 Å². The number of benzene rings is 3. The molecule has 3 aromatic carbocycles. The summed E-state index contributed by atoms with van der Waals surface area (Å²) in [6.07, 6.45) is 3.95. The highest BCUT2D eigenvalue weighted by atomic mass is 32.2. The molecule has 5 heteroatoms. The highest BCUT2D eigenvalue weighted by molar-refractivity contribution is 7.98. The number of para-hydroxylation sites is 2. The molecule has 0 spiro atoms. The Morgan fingerprint density at radius 3 is 1.48 bits per heavy atom. The predicted octanol–water partition coefficient (Wildman–Crippen LogP) is 5.62. The fourth-order valence-corrected chi connectivity index (χ4v) is 2.54. The summed E-state index contributed by atoms with van der Waals surface area (Å²) >= 11 is 3.21. The topological polar surface area (TPSA) is 60.7 Å². The average Bonchev–Trinajstić information content (AvgIpc) is 2.64. The average molecular weight is 375 g/mol. The van der Waals surface area contributed by atoms with Crippen LogP contribution in [0.3, 0.4) is 0 Å². The first-order valence-corrected chi connectivity index (χ1v) is 9.90. The standard InChI is InChI=1S/2C7H8OS.C6H6O/c1-9-7-4-2-6(8)3-5-7;1-9-7-5-3-2-4-6(7)8;7-6-4-2-1-3-5-6/h2*2-5,8H,1H3;1-5,7H. The summed E-state index contributed by atoms with van der Waals surface area (Å²) in [5, 5.41) is 26.6. The lowest BCUT2D eigenvalue weighted by molar-refractivity contribution is 0.462. The second-order valence-corrected chi connectivity index (χ2v) is 6.43. The van der Waals surface area contributed by atoms with E-state index in [0.29, 0.717) is 17.2 Å². The zero-order valence-electron chi connectivity index (χ0n) is 14.2. The van der Waals surface area contributed by atoms with Gasteiger partial charge in [-0.1, -0.05) is 30.3 Å². The molecule has 3 nitrogen and oxygen atoms in total. The van der Waals surface area contributed by atoms with Crippen molar-refractivity contribution in [1.82, 2.24) is 0 Å². The Bertz CT molecular complexity index is 717. The summed E-state index contributed by atoms with van der Waals surface area (Å²) in [7, 11) is 0. The molecule has 25 heavy (non-hydrogen) atoms. The van der Waals surface area contributed by atoms with E-state index in [2.05, 4.69) is 0 Å². The summed E-state index contributed by atoms with van der Waals surface area (Å²) in [6.45, 7) is 0. The molecule has 0 amide bonds. The van der Waals surface area contributed by atoms with Gasteiger partial charge in [0.1, 0.15) is 17.2 Å². The number of phenols is 3. The van der Waals surface area contributed by atoms with Crippen molar-refractivity contribution in [3.63, 3.8) is 0 Å². The van der Waals surface area contributed by atoms with Gasteiger partial charge in [-0.2, -0.15) is 0 Å². The quantitative estimate of drug-likeness (QED) is 0.508. The van der Waals surface area contributed by atoms with Gasteiger partial charge in [-0.3, -0.25) is 0 Å². The van der Waals surface area contributed by atoms with Crippen LogP contribution in [0.25, 0.3) is 0 Å². The first kappa shape index (κ1) is 20.8. The minimum Gasteiger partial charge on any atom is -0.508 e. The maximum Gasteiger partial charge on any atom is 0.129 e. The van der Waals surface area contributed by atoms with Crippen molar-refractivity contribution in [1.29, 1.82) is 0 Å². The molecule has 0 atom stereocenters. The molecule has 0 aromatic heterocycles. The van der Waals surface area contributed by atoms with Crippen LogP contribution >= 0.6 is 23.5 Å². The fraction of sp³-hybridized carbons (Fsp3) is 0.100. The summed E-state index contributed by atoms with van der Waals surface area (Å²) in [6, 6.07) is 23.2. The van der Waals surface area contributed by atoms with Gasteiger partial charge >= 0.3 is 0 Å². The Kier molecular flexibility index (Phi) is 10.1. The predicted molar refractivity (Wildman–Crippen MR) is 108 cm³/mol. The molecule has 0 heterocycles. The summed E-state index contributed by atoms with van der Waals surface area (Å²) in [5.74, 6) is 1.01. The van der Waals surface area contributed by atoms with Gasteiger partial charge in [0.15, 0.2) is 0 Å². The normalized spacial score (nSPS) is 9.20. The number of aromatic hydroxyl groups is 3. The van der Waals surface area contributed by atoms with Crippen LogP contribution in [0.5, 0.6) is 17.2 Å². The van der Waals surface area contributed by atoms with Crippen LogP contribution < -0.4 is 0 Å². The fourth-order valence-electron chi connectivity index (χ4n) is 1.64. The van der Waals surface area contributed by atoms with Crippen LogP contribution in [0.15, 0.2) is 88.7 Å². The molecule has 0 radical (unpaired) electrons. The van der Waals surface area contributed by atoms with Crippen LogP contribution in [0.2, 0.25) is 0 Å². The Morgan fingerprint density at radius 1 is 0.560 bits per heavy atom. The minimum absolute atomic E-state index is 0.322. The van der Waals surface area contributed by atoms with E-state index in [1.165, 1.54) is 4.90 Å². The van der Waals surface area contributed by atoms with Gasteiger partial charge in [0.05, 0.1) is 0 Å². The molecule has 3 rings (SSSR count). The van der Waals surface area contributed by atoms with Crippen LogP contribution in [0.1, 0.15) is 0 Å². The summed E-state index contributed by atoms with van der Waals surface area (Å²) in [5.41, 5.74) is 0. The number of phenolic OH excluding ortho intramolecular Hbond substituents is 3. The zero-order chi connectivity index (χ0) is 18.5. The van der Waals surface area contributed by atoms with E-state index in [-0.39, 0.29) is 0 Å². The summed E-state index contributed by atoms with van der Waals surface area (Å²) < 4.78 is 0. The van der Waals surface area contributed by atoms with Gasteiger partial charge in [0.25, 0.3) is 0 Å². The lowest BCUT2D eigenvalue weighted by atomic mass is 10.3. The Morgan fingerprint density at radius 2 is 1.08 bits per heavy atom. The second-order valence-electron chi connectivity index (χ2n) is 4.71. The van der Waals surface area contributed by atoms with E-state index in [1.807, 2.05) is 48.9 Å². The van der Waals surface area contributed by atoms with E-state index in [0.717, 1.165) is 4.90 Å². The van der Waals surface area contributed by atoms with Crippen molar-refractivity contribution in [3.8, 4) is 17.2 Å². The number of hydrogen-bond acceptors (Lipinski definition) is 5. The lowest BCUT2D eigenvalue weighted by Crippen LogP contribution is -1.68. The molecule has 0 bridgehead atoms. The van der Waals surface area contributed by atoms with Crippen LogP contribution in [0.4, 0.5) is 0 Å². The Hall–Kier alpha value is -2.24. The first-order chi connectivity index (χ1) is 12.1. The van der Waals surface area contributed by atoms with Gasteiger partial charge in [0, 0.05) is 9.79 Å². The van der Waals surface area contributed by atoms with Crippen LogP contribution in [-0.4, -0.2) is 27.8 Å². The van der Waals surface area contributed by atoms with Gasteiger partial charge in [-0.15, -0.1) is 23.5 Å². The molecule has 0 saturated carbocycles. The molecule has 0 unspecified atom stereocenters. The number of rotatable bonds is 2. The maximum atomic E-state index is 9.09. The molecule has 0 aliphatic carbocycles. The van der Waals surface area contributed by atoms with Crippen molar-refractivity contribution >= 4 is 23.5 Å². The van der Waals surface area contributed by atoms with Crippen molar-refractivity contribution in [2.75, 3.05) is 12.5 Å². The molecule has 0 fully saturated rings. The third-order valence-electron chi connectivity index (χ3n) is 2.91. The molecule has 0 saturated heterocycles. The molecule has 132 valence electrons. The van der Waals surface area contributed by atoms with Crippen molar-refractivity contribution < 1.29 is 15.3 Å². The SMILES string of the molecule is CSc1ccc(O)cc1.CSc1ccccc1O.Oc1ccccc1.